The number of amides is 3. The fourth-order valence-electron chi connectivity index (χ4n) is 3.14. The summed E-state index contributed by atoms with van der Waals surface area (Å²) in [6, 6.07) is 4.82. The molecule has 2 aromatic heterocycles. The van der Waals surface area contributed by atoms with Gasteiger partial charge in [0, 0.05) is 12.3 Å². The van der Waals surface area contributed by atoms with Crippen LogP contribution in [0, 0.1) is 0 Å². The van der Waals surface area contributed by atoms with E-state index in [-0.39, 0.29) is 11.5 Å². The van der Waals surface area contributed by atoms with Crippen molar-refractivity contribution in [3.63, 3.8) is 0 Å². The van der Waals surface area contributed by atoms with Gasteiger partial charge in [-0.15, -0.1) is 0 Å². The number of hydrazine groups is 1. The van der Waals surface area contributed by atoms with Crippen molar-refractivity contribution in [2.75, 3.05) is 0 Å². The number of halogens is 2. The van der Waals surface area contributed by atoms with E-state index in [1.807, 2.05) is 0 Å². The quantitative estimate of drug-likeness (QED) is 0.550. The third-order valence-electron chi connectivity index (χ3n) is 4.84. The first-order valence-corrected chi connectivity index (χ1v) is 11.8. The van der Waals surface area contributed by atoms with Crippen LogP contribution in [0.4, 0.5) is 4.79 Å². The fraction of sp³-hybridized carbons (Fsp3) is 0.500. The fourth-order valence-corrected chi connectivity index (χ4v) is 3.71. The van der Waals surface area contributed by atoms with Crippen molar-refractivity contribution in [1.82, 2.24) is 30.5 Å². The van der Waals surface area contributed by atoms with Crippen molar-refractivity contribution in [1.29, 1.82) is 0 Å². The second-order valence-corrected chi connectivity index (χ2v) is 11.3. The Bertz CT molecular complexity index is 1120. The van der Waals surface area contributed by atoms with Crippen molar-refractivity contribution >= 4 is 45.4 Å². The highest BCUT2D eigenvalue weighted by Gasteiger charge is 2.55. The van der Waals surface area contributed by atoms with E-state index in [0.717, 1.165) is 0 Å². The van der Waals surface area contributed by atoms with Crippen molar-refractivity contribution < 1.29 is 19.1 Å². The molecule has 1 saturated carbocycles. The Labute approximate surface area is 211 Å². The number of carbonyl (C=O) groups excluding carboxylic acids is 3. The van der Waals surface area contributed by atoms with Crippen LogP contribution in [0.15, 0.2) is 29.0 Å². The molecule has 0 spiro atoms. The van der Waals surface area contributed by atoms with E-state index in [9.17, 15) is 14.4 Å². The molecule has 3 amide bonds. The van der Waals surface area contributed by atoms with Crippen molar-refractivity contribution in [2.24, 2.45) is 0 Å². The smallest absolute Gasteiger partial charge is 0.426 e. The number of hydrogen-bond donors (Lipinski definition) is 2. The molecule has 3 rings (SSSR count). The van der Waals surface area contributed by atoms with Gasteiger partial charge in [-0.05, 0) is 82.4 Å². The Morgan fingerprint density at radius 1 is 1.21 bits per heavy atom. The van der Waals surface area contributed by atoms with Gasteiger partial charge in [0.05, 0.1) is 10.6 Å². The third-order valence-corrected chi connectivity index (χ3v) is 5.52. The summed E-state index contributed by atoms with van der Waals surface area (Å²) in [6.45, 7) is 10.5. The SMILES string of the molecule is CC(C)(C)OC(=O)NN(C(=O)C1(NC(=O)c2cc(Br)nn2-c2ncccc2Cl)CC1)C(C)(C)C. The third kappa shape index (κ3) is 5.87. The van der Waals surface area contributed by atoms with E-state index >= 15 is 0 Å². The summed E-state index contributed by atoms with van der Waals surface area (Å²) in [7, 11) is 0. The van der Waals surface area contributed by atoms with E-state index in [1.54, 1.807) is 53.7 Å². The Morgan fingerprint density at radius 2 is 1.85 bits per heavy atom. The van der Waals surface area contributed by atoms with E-state index in [4.69, 9.17) is 16.3 Å². The zero-order valence-electron chi connectivity index (χ0n) is 19.9. The number of hydrogen-bond acceptors (Lipinski definition) is 6. The van der Waals surface area contributed by atoms with Crippen LogP contribution in [-0.4, -0.2) is 54.4 Å². The van der Waals surface area contributed by atoms with E-state index < -0.39 is 34.6 Å². The molecular formula is C22H28BrClN6O4. The van der Waals surface area contributed by atoms with Crippen molar-refractivity contribution in [2.45, 2.75) is 71.1 Å². The molecule has 0 radical (unpaired) electrons. The largest absolute Gasteiger partial charge is 0.443 e. The summed E-state index contributed by atoms with van der Waals surface area (Å²) in [5, 5.41) is 8.60. The van der Waals surface area contributed by atoms with Gasteiger partial charge in [-0.25, -0.2) is 24.9 Å². The van der Waals surface area contributed by atoms with Crippen molar-refractivity contribution in [3.05, 3.63) is 39.7 Å². The molecule has 0 unspecified atom stereocenters. The molecule has 1 aliphatic rings. The minimum Gasteiger partial charge on any atom is -0.443 e. The molecule has 0 atom stereocenters. The topological polar surface area (TPSA) is 118 Å². The molecule has 12 heteroatoms. The highest BCUT2D eigenvalue weighted by Crippen LogP contribution is 2.39. The molecule has 0 aromatic carbocycles. The van der Waals surface area contributed by atoms with Gasteiger partial charge >= 0.3 is 6.09 Å². The lowest BCUT2D eigenvalue weighted by atomic mass is 10.1. The summed E-state index contributed by atoms with van der Waals surface area (Å²) < 4.78 is 7.02. The lowest BCUT2D eigenvalue weighted by Crippen LogP contribution is -2.62. The summed E-state index contributed by atoms with van der Waals surface area (Å²) in [4.78, 5) is 43.4. The number of pyridine rings is 1. The molecule has 0 aliphatic heterocycles. The van der Waals surface area contributed by atoms with Gasteiger partial charge in [0.25, 0.3) is 11.8 Å². The molecule has 184 valence electrons. The maximum absolute atomic E-state index is 13.5. The highest BCUT2D eigenvalue weighted by molar-refractivity contribution is 9.10. The summed E-state index contributed by atoms with van der Waals surface area (Å²) >= 11 is 9.52. The van der Waals surface area contributed by atoms with E-state index in [2.05, 4.69) is 36.8 Å². The Hall–Kier alpha value is -2.66. The highest BCUT2D eigenvalue weighted by atomic mass is 79.9. The van der Waals surface area contributed by atoms with Crippen LogP contribution < -0.4 is 10.7 Å². The van der Waals surface area contributed by atoms with Crippen molar-refractivity contribution in [3.8, 4) is 5.82 Å². The average molecular weight is 556 g/mol. The zero-order chi connectivity index (χ0) is 25.5. The maximum atomic E-state index is 13.5. The van der Waals surface area contributed by atoms with Crippen LogP contribution in [0.2, 0.25) is 5.02 Å². The van der Waals surface area contributed by atoms with Crippen LogP contribution in [-0.2, 0) is 9.53 Å². The minimum absolute atomic E-state index is 0.147. The van der Waals surface area contributed by atoms with E-state index in [1.165, 1.54) is 22.0 Å². The monoisotopic (exact) mass is 554 g/mol. The molecule has 2 aromatic rings. The van der Waals surface area contributed by atoms with Gasteiger partial charge in [0.2, 0.25) is 0 Å². The molecule has 10 nitrogen and oxygen atoms in total. The second-order valence-electron chi connectivity index (χ2n) is 10.0. The first kappa shape index (κ1) is 26.0. The molecule has 1 fully saturated rings. The first-order chi connectivity index (χ1) is 15.6. The molecule has 2 N–H and O–H groups in total. The number of nitrogens with one attached hydrogen (secondary N) is 2. The van der Waals surface area contributed by atoms with Crippen LogP contribution >= 0.6 is 27.5 Å². The summed E-state index contributed by atoms with van der Waals surface area (Å²) in [6.07, 6.45) is 1.61. The lowest BCUT2D eigenvalue weighted by molar-refractivity contribution is -0.143. The number of aromatic nitrogens is 3. The number of ether oxygens (including phenoxy) is 1. The standard InChI is InChI=1S/C22H28BrClN6O4/c1-20(2,3)30(28-19(33)34-21(4,5)6)18(32)22(9-10-22)26-17(31)14-12-15(23)27-29(14)16-13(24)8-7-11-25-16/h7-8,11-12H,9-10H2,1-6H3,(H,26,31)(H,28,33). The Kier molecular flexibility index (Phi) is 7.01. The number of carbonyl (C=O) groups is 3. The van der Waals surface area contributed by atoms with Gasteiger partial charge in [-0.3, -0.25) is 9.59 Å². The van der Waals surface area contributed by atoms with Gasteiger partial charge < -0.3 is 10.1 Å². The Balaban J connectivity index is 1.84. The average Bonchev–Trinajstić information content (AvgIpc) is 3.37. The van der Waals surface area contributed by atoms with Crippen LogP contribution in [0.1, 0.15) is 64.9 Å². The van der Waals surface area contributed by atoms with Gasteiger partial charge in [-0.1, -0.05) is 11.6 Å². The molecule has 0 bridgehead atoms. The second kappa shape index (κ2) is 9.18. The number of nitrogens with zero attached hydrogens (tertiary/aromatic N) is 4. The molecule has 34 heavy (non-hydrogen) atoms. The number of rotatable bonds is 4. The van der Waals surface area contributed by atoms with E-state index in [0.29, 0.717) is 22.5 Å². The summed E-state index contributed by atoms with van der Waals surface area (Å²) in [5.41, 5.74) is 0.00288. The zero-order valence-corrected chi connectivity index (χ0v) is 22.2. The van der Waals surface area contributed by atoms with Crippen LogP contribution in [0.5, 0.6) is 0 Å². The molecular weight excluding hydrogens is 528 g/mol. The molecule has 0 saturated heterocycles. The van der Waals surface area contributed by atoms with Gasteiger partial charge in [0.15, 0.2) is 5.82 Å². The lowest BCUT2D eigenvalue weighted by Gasteiger charge is -2.38. The van der Waals surface area contributed by atoms with Crippen LogP contribution in [0.25, 0.3) is 5.82 Å². The normalized spacial score (nSPS) is 14.8. The molecule has 2 heterocycles. The predicted octanol–water partition coefficient (Wildman–Crippen LogP) is 4.01. The Morgan fingerprint density at radius 3 is 2.38 bits per heavy atom. The summed E-state index contributed by atoms with van der Waals surface area (Å²) in [5.74, 6) is -0.698. The van der Waals surface area contributed by atoms with Gasteiger partial charge in [-0.2, -0.15) is 5.10 Å². The van der Waals surface area contributed by atoms with Gasteiger partial charge in [0.1, 0.15) is 21.4 Å². The maximum Gasteiger partial charge on any atom is 0.426 e. The van der Waals surface area contributed by atoms with Crippen LogP contribution in [0.3, 0.4) is 0 Å². The predicted molar refractivity (Wildman–Crippen MR) is 129 cm³/mol. The minimum atomic E-state index is -1.17. The molecule has 1 aliphatic carbocycles. The first-order valence-electron chi connectivity index (χ1n) is 10.7.